The van der Waals surface area contributed by atoms with Crippen LogP contribution in [0.3, 0.4) is 0 Å². The van der Waals surface area contributed by atoms with Crippen molar-refractivity contribution in [2.75, 3.05) is 4.90 Å². The van der Waals surface area contributed by atoms with Gasteiger partial charge in [-0.25, -0.2) is 0 Å². The maximum Gasteiger partial charge on any atom is 0.135 e. The van der Waals surface area contributed by atoms with Crippen LogP contribution in [0.5, 0.6) is 0 Å². The first-order chi connectivity index (χ1) is 22.7. The van der Waals surface area contributed by atoms with Crippen molar-refractivity contribution in [3.8, 4) is 11.1 Å². The lowest BCUT2D eigenvalue weighted by molar-refractivity contribution is -0.0399. The van der Waals surface area contributed by atoms with Crippen molar-refractivity contribution in [1.82, 2.24) is 0 Å². The number of para-hydroxylation sites is 1. The molecule has 4 fully saturated rings. The largest absolute Gasteiger partial charge is 0.456 e. The molecule has 0 saturated heterocycles. The van der Waals surface area contributed by atoms with Crippen molar-refractivity contribution in [1.29, 1.82) is 0 Å². The monoisotopic (exact) mass is 593 g/mol. The lowest BCUT2D eigenvalue weighted by Gasteiger charge is -2.61. The van der Waals surface area contributed by atoms with E-state index in [4.69, 9.17) is 4.42 Å². The van der Waals surface area contributed by atoms with E-state index < -0.39 is 0 Å². The van der Waals surface area contributed by atoms with Crippen LogP contribution >= 0.6 is 0 Å². The van der Waals surface area contributed by atoms with Crippen LogP contribution in [-0.4, -0.2) is 0 Å². The first-order valence-electron chi connectivity index (χ1n) is 17.2. The molecule has 0 atom stereocenters. The third-order valence-corrected chi connectivity index (χ3v) is 12.4. The Hall–Kier alpha value is -4.82. The first-order valence-corrected chi connectivity index (χ1v) is 17.2. The van der Waals surface area contributed by atoms with Crippen molar-refractivity contribution in [3.63, 3.8) is 0 Å². The Bertz CT molecular complexity index is 2330. The van der Waals surface area contributed by atoms with Gasteiger partial charge in [-0.05, 0) is 137 Å². The van der Waals surface area contributed by atoms with Gasteiger partial charge < -0.3 is 9.32 Å². The van der Waals surface area contributed by atoms with Crippen LogP contribution in [-0.2, 0) is 5.41 Å². The molecule has 0 radical (unpaired) electrons. The van der Waals surface area contributed by atoms with Gasteiger partial charge in [0.1, 0.15) is 11.2 Å². The van der Waals surface area contributed by atoms with E-state index in [1.54, 1.807) is 11.1 Å². The molecule has 0 amide bonds. The Kier molecular flexibility index (Phi) is 5.04. The molecule has 12 rings (SSSR count). The van der Waals surface area contributed by atoms with Crippen LogP contribution in [0.25, 0.3) is 43.8 Å². The number of benzene rings is 6. The van der Waals surface area contributed by atoms with Crippen LogP contribution in [0.15, 0.2) is 132 Å². The minimum Gasteiger partial charge on any atom is -0.456 e. The Morgan fingerprint density at radius 2 is 1.11 bits per heavy atom. The summed E-state index contributed by atoms with van der Waals surface area (Å²) in [7, 11) is 0. The van der Waals surface area contributed by atoms with Gasteiger partial charge in [-0.15, -0.1) is 0 Å². The van der Waals surface area contributed by atoms with Gasteiger partial charge in [-0.2, -0.15) is 0 Å². The second kappa shape index (κ2) is 9.13. The maximum atomic E-state index is 6.26. The molecular formula is C44H35NO. The van der Waals surface area contributed by atoms with Crippen molar-refractivity contribution in [3.05, 3.63) is 139 Å². The highest BCUT2D eigenvalue weighted by atomic mass is 16.3. The molecular weight excluding hydrogens is 558 g/mol. The normalized spacial score (nSPS) is 25.5. The quantitative estimate of drug-likeness (QED) is 0.203. The summed E-state index contributed by atoms with van der Waals surface area (Å²) in [5.74, 6) is 3.34. The summed E-state index contributed by atoms with van der Waals surface area (Å²) in [5.41, 5.74) is 11.7. The number of anilines is 3. The van der Waals surface area contributed by atoms with E-state index in [1.165, 1.54) is 65.4 Å². The summed E-state index contributed by atoms with van der Waals surface area (Å²) in [6.07, 6.45) is 7.04. The molecule has 46 heavy (non-hydrogen) atoms. The summed E-state index contributed by atoms with van der Waals surface area (Å²) in [6, 6.07) is 47.6. The van der Waals surface area contributed by atoms with Gasteiger partial charge in [-0.3, -0.25) is 0 Å². The van der Waals surface area contributed by atoms with E-state index >= 15 is 0 Å². The predicted octanol–water partition coefficient (Wildman–Crippen LogP) is 11.9. The highest BCUT2D eigenvalue weighted by molar-refractivity contribution is 6.06. The smallest absolute Gasteiger partial charge is 0.135 e. The van der Waals surface area contributed by atoms with Crippen LogP contribution in [0.1, 0.15) is 43.2 Å². The van der Waals surface area contributed by atoms with E-state index in [2.05, 4.69) is 132 Å². The SMILES string of the molecule is c1ccc2c(c1)-c1ccc(N(c3ccc4ccccc4c3)c3ccc4oc5ccccc5c4c3)cc1C21C2CC3CC(C2)CC1C3. The standard InChI is InChI=1S/C44H35NO/c1-2-8-30-24-33(14-13-29(30)7-1)45(34-16-18-43-39(25-34)38-10-4-6-12-42(38)46-43)35-15-17-37-36-9-3-5-11-40(36)44(41(37)26-35)31-20-27-19-28(22-31)23-32(44)21-27/h1-18,24-28,31-32H,19-23H2. The summed E-state index contributed by atoms with van der Waals surface area (Å²) in [5, 5.41) is 4.84. The van der Waals surface area contributed by atoms with E-state index in [9.17, 15) is 0 Å². The fourth-order valence-electron chi connectivity index (χ4n) is 10.9. The van der Waals surface area contributed by atoms with Crippen LogP contribution in [0.2, 0.25) is 0 Å². The number of rotatable bonds is 3. The van der Waals surface area contributed by atoms with Crippen molar-refractivity contribution >= 4 is 49.8 Å². The molecule has 4 bridgehead atoms. The molecule has 5 aliphatic carbocycles. The van der Waals surface area contributed by atoms with E-state index in [1.807, 2.05) is 0 Å². The number of hydrogen-bond donors (Lipinski definition) is 0. The summed E-state index contributed by atoms with van der Waals surface area (Å²) in [4.78, 5) is 2.49. The fourth-order valence-corrected chi connectivity index (χ4v) is 10.9. The molecule has 222 valence electrons. The third kappa shape index (κ3) is 3.32. The number of fused-ring (bicyclic) bond motifs is 7. The van der Waals surface area contributed by atoms with E-state index in [-0.39, 0.29) is 5.41 Å². The Morgan fingerprint density at radius 1 is 0.478 bits per heavy atom. The van der Waals surface area contributed by atoms with E-state index in [0.717, 1.165) is 51.3 Å². The van der Waals surface area contributed by atoms with E-state index in [0.29, 0.717) is 0 Å². The molecule has 1 spiro atoms. The van der Waals surface area contributed by atoms with Crippen molar-refractivity contribution < 1.29 is 4.42 Å². The van der Waals surface area contributed by atoms with Crippen LogP contribution in [0.4, 0.5) is 17.1 Å². The minimum absolute atomic E-state index is 0.134. The molecule has 5 aliphatic rings. The highest BCUT2D eigenvalue weighted by Crippen LogP contribution is 2.69. The van der Waals surface area contributed by atoms with Crippen molar-refractivity contribution in [2.24, 2.45) is 23.7 Å². The number of hydrogen-bond acceptors (Lipinski definition) is 2. The lowest BCUT2D eigenvalue weighted by Crippen LogP contribution is -2.55. The second-order valence-corrected chi connectivity index (χ2v) is 14.6. The first kappa shape index (κ1) is 25.4. The molecule has 6 aromatic carbocycles. The molecule has 0 N–H and O–H groups in total. The lowest BCUT2D eigenvalue weighted by atomic mass is 9.43. The van der Waals surface area contributed by atoms with Gasteiger partial charge in [0.2, 0.25) is 0 Å². The van der Waals surface area contributed by atoms with Gasteiger partial charge in [0, 0.05) is 33.2 Å². The fraction of sp³-hybridized carbons (Fsp3) is 0.227. The Labute approximate surface area is 269 Å². The van der Waals surface area contributed by atoms with Gasteiger partial charge in [-0.1, -0.05) is 78.9 Å². The van der Waals surface area contributed by atoms with Crippen LogP contribution in [0, 0.1) is 23.7 Å². The summed E-state index contributed by atoms with van der Waals surface area (Å²) < 4.78 is 6.26. The summed E-state index contributed by atoms with van der Waals surface area (Å²) >= 11 is 0. The predicted molar refractivity (Wildman–Crippen MR) is 189 cm³/mol. The second-order valence-electron chi connectivity index (χ2n) is 14.6. The van der Waals surface area contributed by atoms with Gasteiger partial charge >= 0.3 is 0 Å². The zero-order valence-corrected chi connectivity index (χ0v) is 25.8. The molecule has 0 unspecified atom stereocenters. The Balaban J connectivity index is 1.15. The average molecular weight is 594 g/mol. The topological polar surface area (TPSA) is 16.4 Å². The highest BCUT2D eigenvalue weighted by Gasteiger charge is 2.61. The molecule has 4 saturated carbocycles. The molecule has 2 heteroatoms. The summed E-state index contributed by atoms with van der Waals surface area (Å²) in [6.45, 7) is 0. The number of nitrogens with zero attached hydrogens (tertiary/aromatic N) is 1. The van der Waals surface area contributed by atoms with Gasteiger partial charge in [0.05, 0.1) is 0 Å². The zero-order chi connectivity index (χ0) is 30.0. The van der Waals surface area contributed by atoms with Crippen LogP contribution < -0.4 is 4.90 Å². The average Bonchev–Trinajstić information content (AvgIpc) is 3.60. The third-order valence-electron chi connectivity index (χ3n) is 12.4. The molecule has 0 aliphatic heterocycles. The molecule has 7 aromatic rings. The Morgan fingerprint density at radius 3 is 1.98 bits per heavy atom. The molecule has 1 aromatic heterocycles. The molecule has 2 nitrogen and oxygen atoms in total. The maximum absolute atomic E-state index is 6.26. The van der Waals surface area contributed by atoms with Gasteiger partial charge in [0.15, 0.2) is 0 Å². The van der Waals surface area contributed by atoms with Crippen molar-refractivity contribution in [2.45, 2.75) is 37.5 Å². The van der Waals surface area contributed by atoms with Gasteiger partial charge in [0.25, 0.3) is 0 Å². The minimum atomic E-state index is 0.134. The molecule has 1 heterocycles. The zero-order valence-electron chi connectivity index (χ0n) is 25.8. The number of furan rings is 1.